The molecule has 6 nitrogen and oxygen atoms in total. The highest BCUT2D eigenvalue weighted by Gasteiger charge is 2.21. The topological polar surface area (TPSA) is 83.7 Å². The molecule has 2 aliphatic rings. The van der Waals surface area contributed by atoms with Crippen molar-refractivity contribution in [1.82, 2.24) is 19.8 Å². The van der Waals surface area contributed by atoms with Crippen LogP contribution < -0.4 is 16.4 Å². The van der Waals surface area contributed by atoms with Crippen molar-refractivity contribution in [2.75, 3.05) is 26.2 Å². The lowest BCUT2D eigenvalue weighted by Crippen LogP contribution is -2.17. The van der Waals surface area contributed by atoms with Crippen molar-refractivity contribution >= 4 is 21.8 Å². The van der Waals surface area contributed by atoms with Gasteiger partial charge in [0.05, 0.1) is 11.6 Å². The summed E-state index contributed by atoms with van der Waals surface area (Å²) < 4.78 is 20.6. The maximum Gasteiger partial charge on any atom is 0.146 e. The maximum atomic E-state index is 15.8. The molecule has 4 heterocycles. The third kappa shape index (κ3) is 4.92. The molecule has 0 spiro atoms. The van der Waals surface area contributed by atoms with Crippen LogP contribution in [-0.4, -0.2) is 35.3 Å². The van der Waals surface area contributed by atoms with E-state index in [0.29, 0.717) is 5.56 Å². The smallest absolute Gasteiger partial charge is 0.146 e. The lowest BCUT2D eigenvalue weighted by molar-refractivity contribution is 0.596. The zero-order chi connectivity index (χ0) is 30.5. The zero-order valence-corrected chi connectivity index (χ0v) is 25.1. The molecule has 0 amide bonds. The van der Waals surface area contributed by atoms with E-state index in [2.05, 4.69) is 80.4 Å². The lowest BCUT2D eigenvalue weighted by atomic mass is 9.91. The van der Waals surface area contributed by atoms with Gasteiger partial charge in [-0.25, -0.2) is 4.39 Å². The summed E-state index contributed by atoms with van der Waals surface area (Å²) in [4.78, 5) is 0. The molecule has 8 rings (SSSR count). The summed E-state index contributed by atoms with van der Waals surface area (Å²) in [5.74, 6) is -0.561. The molecule has 0 aliphatic carbocycles. The third-order valence-electron chi connectivity index (χ3n) is 9.58. The summed E-state index contributed by atoms with van der Waals surface area (Å²) in [6.07, 6.45) is 2.00. The first kappa shape index (κ1) is 27.8. The third-order valence-corrected chi connectivity index (χ3v) is 9.58. The van der Waals surface area contributed by atoms with E-state index in [1.54, 1.807) is 6.07 Å². The van der Waals surface area contributed by atoms with Crippen LogP contribution >= 0.6 is 0 Å². The largest absolute Gasteiger partial charge is 0.343 e. The molecule has 224 valence electrons. The average Bonchev–Trinajstić information content (AvgIpc) is 3.36. The van der Waals surface area contributed by atoms with Crippen LogP contribution in [0.5, 0.6) is 0 Å². The van der Waals surface area contributed by atoms with Crippen molar-refractivity contribution in [2.45, 2.75) is 32.0 Å². The Balaban J connectivity index is 1.15. The normalized spacial score (nSPS) is 15.7. The van der Waals surface area contributed by atoms with E-state index in [-0.39, 0.29) is 5.56 Å². The molecule has 2 aliphatic heterocycles. The molecule has 6 aromatic rings. The molecule has 7 heteroatoms. The molecule has 1 unspecified atom stereocenters. The summed E-state index contributed by atoms with van der Waals surface area (Å²) >= 11 is 0. The number of nitriles is 1. The fourth-order valence-corrected chi connectivity index (χ4v) is 7.23. The minimum atomic E-state index is -0.736. The molecule has 4 N–H and O–H groups in total. The van der Waals surface area contributed by atoms with Crippen molar-refractivity contribution in [2.24, 2.45) is 5.73 Å². The van der Waals surface area contributed by atoms with Crippen LogP contribution in [0.3, 0.4) is 0 Å². The van der Waals surface area contributed by atoms with E-state index in [0.717, 1.165) is 85.3 Å². The summed E-state index contributed by atoms with van der Waals surface area (Å²) in [5.41, 5.74) is 16.9. The van der Waals surface area contributed by atoms with Gasteiger partial charge in [-0.2, -0.15) is 5.26 Å². The molecule has 1 atom stereocenters. The molecule has 0 saturated carbocycles. The van der Waals surface area contributed by atoms with Crippen LogP contribution in [0.25, 0.3) is 44.1 Å². The predicted molar refractivity (Wildman–Crippen MR) is 179 cm³/mol. The Hall–Kier alpha value is -4.74. The van der Waals surface area contributed by atoms with E-state index in [4.69, 9.17) is 5.73 Å². The maximum absolute atomic E-state index is 15.8. The quantitative estimate of drug-likeness (QED) is 0.224. The second-order valence-electron chi connectivity index (χ2n) is 12.3. The summed E-state index contributed by atoms with van der Waals surface area (Å²) in [5, 5.41) is 19.2. The number of halogens is 1. The Morgan fingerprint density at radius 1 is 0.689 bits per heavy atom. The molecule has 4 aromatic carbocycles. The highest BCUT2D eigenvalue weighted by molar-refractivity contribution is 5.88. The van der Waals surface area contributed by atoms with E-state index < -0.39 is 11.9 Å². The summed E-state index contributed by atoms with van der Waals surface area (Å²) in [7, 11) is 0. The number of aromatic nitrogens is 2. The number of hydrogen-bond acceptors (Lipinski definition) is 4. The van der Waals surface area contributed by atoms with Gasteiger partial charge in [-0.15, -0.1) is 0 Å². The van der Waals surface area contributed by atoms with Crippen LogP contribution in [0.2, 0.25) is 0 Å². The second-order valence-corrected chi connectivity index (χ2v) is 12.3. The number of hydrogen-bond donors (Lipinski definition) is 3. The minimum absolute atomic E-state index is 0.00191. The molecule has 0 fully saturated rings. The van der Waals surface area contributed by atoms with Gasteiger partial charge in [0.25, 0.3) is 0 Å². The lowest BCUT2D eigenvalue weighted by Gasteiger charge is -2.17. The molecule has 0 saturated heterocycles. The monoisotopic (exact) mass is 594 g/mol. The van der Waals surface area contributed by atoms with E-state index in [9.17, 15) is 5.26 Å². The van der Waals surface area contributed by atoms with Gasteiger partial charge >= 0.3 is 0 Å². The minimum Gasteiger partial charge on any atom is -0.343 e. The van der Waals surface area contributed by atoms with Gasteiger partial charge in [0, 0.05) is 90.9 Å². The number of nitrogens with zero attached hydrogens (tertiary/aromatic N) is 3. The van der Waals surface area contributed by atoms with Gasteiger partial charge in [-0.3, -0.25) is 0 Å². The molecule has 0 bridgehead atoms. The van der Waals surface area contributed by atoms with Crippen molar-refractivity contribution < 1.29 is 4.39 Å². The fourth-order valence-electron chi connectivity index (χ4n) is 7.23. The van der Waals surface area contributed by atoms with Gasteiger partial charge in [-0.05, 0) is 82.4 Å². The van der Waals surface area contributed by atoms with Crippen LogP contribution in [0.15, 0.2) is 84.9 Å². The fraction of sp³-hybridized carbons (Fsp3) is 0.237. The first-order valence-electron chi connectivity index (χ1n) is 15.8. The van der Waals surface area contributed by atoms with Crippen LogP contribution in [0.1, 0.15) is 34.1 Å². The van der Waals surface area contributed by atoms with E-state index in [1.807, 2.05) is 24.3 Å². The average molecular weight is 595 g/mol. The first-order valence-corrected chi connectivity index (χ1v) is 15.8. The highest BCUT2D eigenvalue weighted by Crippen LogP contribution is 2.35. The number of nitrogens with one attached hydrogen (secondary N) is 2. The predicted octanol–water partition coefficient (Wildman–Crippen LogP) is 6.28. The number of rotatable bonds is 4. The van der Waals surface area contributed by atoms with Crippen molar-refractivity contribution in [3.8, 4) is 28.3 Å². The number of benzene rings is 4. The van der Waals surface area contributed by atoms with E-state index >= 15 is 4.39 Å². The van der Waals surface area contributed by atoms with Crippen LogP contribution in [-0.2, 0) is 25.9 Å². The molecule has 45 heavy (non-hydrogen) atoms. The first-order chi connectivity index (χ1) is 22.1. The van der Waals surface area contributed by atoms with Gasteiger partial charge in [0.15, 0.2) is 0 Å². The SMILES string of the molecule is N#Cc1cc(-c2ccc3c(c2)cc2n3CCNCC2)cc(C(N)c2cccc(-c3ccc4c(c3)cc3n4CCNCC3)c2)c1F. The second kappa shape index (κ2) is 11.3. The van der Waals surface area contributed by atoms with Gasteiger partial charge in [0.2, 0.25) is 0 Å². The Bertz CT molecular complexity index is 2130. The Labute approximate surface area is 261 Å². The Morgan fingerprint density at radius 2 is 1.29 bits per heavy atom. The van der Waals surface area contributed by atoms with Gasteiger partial charge in [0.1, 0.15) is 11.9 Å². The molecule has 2 aromatic heterocycles. The zero-order valence-electron chi connectivity index (χ0n) is 25.1. The Morgan fingerprint density at radius 3 is 1.91 bits per heavy atom. The van der Waals surface area contributed by atoms with Crippen LogP contribution in [0, 0.1) is 17.1 Å². The van der Waals surface area contributed by atoms with Gasteiger partial charge < -0.3 is 25.5 Å². The molecular formula is C38H35FN6. The van der Waals surface area contributed by atoms with Crippen molar-refractivity contribution in [3.63, 3.8) is 0 Å². The van der Waals surface area contributed by atoms with Crippen LogP contribution in [0.4, 0.5) is 4.39 Å². The van der Waals surface area contributed by atoms with E-state index in [1.165, 1.54) is 27.8 Å². The van der Waals surface area contributed by atoms with Gasteiger partial charge in [-0.1, -0.05) is 30.3 Å². The Kier molecular flexibility index (Phi) is 6.99. The highest BCUT2D eigenvalue weighted by atomic mass is 19.1. The van der Waals surface area contributed by atoms with Crippen molar-refractivity contribution in [1.29, 1.82) is 5.26 Å². The molecular weight excluding hydrogens is 559 g/mol. The summed E-state index contributed by atoms with van der Waals surface area (Å²) in [6.45, 7) is 5.80. The van der Waals surface area contributed by atoms with Crippen molar-refractivity contribution in [3.05, 3.63) is 119 Å². The standard InChI is InChI=1S/C38H35FN6/c39-37-31(23-40)19-28(26-5-7-36-30(18-26)21-33-9-11-43-13-15-45(33)36)22-34(37)38(41)27-3-1-2-24(16-27)25-4-6-35-29(17-25)20-32-8-10-42-12-14-44(32)35/h1-7,16-22,38,42-43H,8-15,41H2. The number of nitrogens with two attached hydrogens (primary N) is 1. The summed E-state index contributed by atoms with van der Waals surface area (Å²) in [6, 6.07) is 30.3. The number of fused-ring (bicyclic) bond motifs is 6. The molecule has 0 radical (unpaired) electrons.